The Labute approximate surface area is 95.0 Å². The summed E-state index contributed by atoms with van der Waals surface area (Å²) in [4.78, 5) is 4.33. The van der Waals surface area contributed by atoms with Crippen molar-refractivity contribution < 1.29 is 4.74 Å². The quantitative estimate of drug-likeness (QED) is 0.859. The number of methoxy groups -OCH3 is 1. The number of nitrogens with zero attached hydrogens (tertiary/aromatic N) is 2. The average Bonchev–Trinajstić information content (AvgIpc) is 2.61. The number of imidazole rings is 1. The molecule has 86 valence electrons. The minimum absolute atomic E-state index is 0.580. The Morgan fingerprint density at radius 3 is 2.94 bits per heavy atom. The molecule has 4 nitrogen and oxygen atoms in total. The molecule has 0 aliphatic carbocycles. The van der Waals surface area contributed by atoms with Crippen LogP contribution in [0.5, 0.6) is 5.75 Å². The fourth-order valence-corrected chi connectivity index (χ4v) is 1.80. The second-order valence-electron chi connectivity index (χ2n) is 3.83. The first-order valence-electron chi connectivity index (χ1n) is 5.56. The fourth-order valence-electron chi connectivity index (χ4n) is 1.80. The van der Waals surface area contributed by atoms with Crippen molar-refractivity contribution in [2.75, 3.05) is 12.8 Å². The maximum absolute atomic E-state index is 5.90. The number of fused-ring (bicyclic) bond motifs is 1. The summed E-state index contributed by atoms with van der Waals surface area (Å²) in [6.45, 7) is 3.07. The van der Waals surface area contributed by atoms with Gasteiger partial charge in [-0.3, -0.25) is 0 Å². The molecule has 4 heteroatoms. The minimum atomic E-state index is 0.580. The van der Waals surface area contributed by atoms with Crippen LogP contribution in [-0.4, -0.2) is 16.7 Å². The molecule has 0 spiro atoms. The van der Waals surface area contributed by atoms with E-state index in [0.29, 0.717) is 5.95 Å². The summed E-state index contributed by atoms with van der Waals surface area (Å²) in [6, 6.07) is 5.82. The Morgan fingerprint density at radius 1 is 1.44 bits per heavy atom. The first-order chi connectivity index (χ1) is 7.76. The Kier molecular flexibility index (Phi) is 2.99. The third-order valence-electron chi connectivity index (χ3n) is 2.72. The Morgan fingerprint density at radius 2 is 2.25 bits per heavy atom. The zero-order valence-corrected chi connectivity index (χ0v) is 9.73. The summed E-state index contributed by atoms with van der Waals surface area (Å²) in [5.74, 6) is 1.42. The number of benzene rings is 1. The molecule has 0 bridgehead atoms. The van der Waals surface area contributed by atoms with Gasteiger partial charge < -0.3 is 15.0 Å². The highest BCUT2D eigenvalue weighted by Crippen LogP contribution is 2.23. The van der Waals surface area contributed by atoms with Crippen molar-refractivity contribution in [3.8, 4) is 5.75 Å². The van der Waals surface area contributed by atoms with Crippen molar-refractivity contribution >= 4 is 17.0 Å². The van der Waals surface area contributed by atoms with Gasteiger partial charge in [0, 0.05) is 12.6 Å². The van der Waals surface area contributed by atoms with Gasteiger partial charge in [0.25, 0.3) is 0 Å². The molecule has 0 amide bonds. The maximum atomic E-state index is 5.90. The number of rotatable bonds is 4. The summed E-state index contributed by atoms with van der Waals surface area (Å²) < 4.78 is 7.25. The third kappa shape index (κ3) is 1.83. The van der Waals surface area contributed by atoms with Crippen molar-refractivity contribution in [3.05, 3.63) is 18.2 Å². The number of anilines is 1. The van der Waals surface area contributed by atoms with Crippen LogP contribution in [0.1, 0.15) is 19.8 Å². The topological polar surface area (TPSA) is 53.1 Å². The summed E-state index contributed by atoms with van der Waals surface area (Å²) in [7, 11) is 1.66. The van der Waals surface area contributed by atoms with Crippen LogP contribution < -0.4 is 10.5 Å². The van der Waals surface area contributed by atoms with Gasteiger partial charge in [-0.1, -0.05) is 13.3 Å². The second kappa shape index (κ2) is 4.43. The molecular weight excluding hydrogens is 202 g/mol. The smallest absolute Gasteiger partial charge is 0.201 e. The van der Waals surface area contributed by atoms with Gasteiger partial charge >= 0.3 is 0 Å². The maximum Gasteiger partial charge on any atom is 0.201 e. The molecule has 0 aliphatic rings. The minimum Gasteiger partial charge on any atom is -0.497 e. The van der Waals surface area contributed by atoms with Gasteiger partial charge in [-0.15, -0.1) is 0 Å². The van der Waals surface area contributed by atoms with E-state index in [4.69, 9.17) is 10.5 Å². The number of ether oxygens (including phenoxy) is 1. The Balaban J connectivity index is 2.48. The molecule has 2 aromatic rings. The molecule has 0 unspecified atom stereocenters. The van der Waals surface area contributed by atoms with E-state index in [1.54, 1.807) is 7.11 Å². The van der Waals surface area contributed by atoms with Gasteiger partial charge in [-0.05, 0) is 18.6 Å². The molecule has 0 atom stereocenters. The van der Waals surface area contributed by atoms with Gasteiger partial charge in [0.1, 0.15) is 5.75 Å². The van der Waals surface area contributed by atoms with E-state index in [2.05, 4.69) is 11.9 Å². The molecule has 2 N–H and O–H groups in total. The number of hydrogen-bond donors (Lipinski definition) is 1. The van der Waals surface area contributed by atoms with Crippen LogP contribution in [0.2, 0.25) is 0 Å². The van der Waals surface area contributed by atoms with Gasteiger partial charge in [-0.25, -0.2) is 4.98 Å². The monoisotopic (exact) mass is 219 g/mol. The van der Waals surface area contributed by atoms with Crippen LogP contribution in [0.4, 0.5) is 5.95 Å². The lowest BCUT2D eigenvalue weighted by atomic mass is 10.3. The van der Waals surface area contributed by atoms with Gasteiger partial charge in [0.15, 0.2) is 0 Å². The molecule has 0 saturated heterocycles. The van der Waals surface area contributed by atoms with E-state index >= 15 is 0 Å². The summed E-state index contributed by atoms with van der Waals surface area (Å²) in [6.07, 6.45) is 2.25. The van der Waals surface area contributed by atoms with Crippen molar-refractivity contribution in [2.24, 2.45) is 0 Å². The predicted molar refractivity (Wildman–Crippen MR) is 65.6 cm³/mol. The van der Waals surface area contributed by atoms with E-state index in [9.17, 15) is 0 Å². The summed E-state index contributed by atoms with van der Waals surface area (Å²) in [5.41, 5.74) is 7.87. The lowest BCUT2D eigenvalue weighted by Gasteiger charge is -2.05. The molecule has 1 aromatic carbocycles. The van der Waals surface area contributed by atoms with E-state index in [0.717, 1.165) is 36.2 Å². The standard InChI is InChI=1S/C12H17N3O/c1-3-4-7-15-11-8-9(16-2)5-6-10(11)14-12(15)13/h5-6,8H,3-4,7H2,1-2H3,(H2,13,14). The summed E-state index contributed by atoms with van der Waals surface area (Å²) >= 11 is 0. The average molecular weight is 219 g/mol. The normalized spacial score (nSPS) is 10.9. The van der Waals surface area contributed by atoms with E-state index in [1.165, 1.54) is 0 Å². The predicted octanol–water partition coefficient (Wildman–Crippen LogP) is 2.43. The molecule has 16 heavy (non-hydrogen) atoms. The van der Waals surface area contributed by atoms with E-state index < -0.39 is 0 Å². The number of hydrogen-bond acceptors (Lipinski definition) is 3. The van der Waals surface area contributed by atoms with Crippen LogP contribution in [0, 0.1) is 0 Å². The fraction of sp³-hybridized carbons (Fsp3) is 0.417. The highest BCUT2D eigenvalue weighted by atomic mass is 16.5. The highest BCUT2D eigenvalue weighted by Gasteiger charge is 2.08. The number of nitrogen functional groups attached to an aromatic ring is 1. The largest absolute Gasteiger partial charge is 0.497 e. The number of aromatic nitrogens is 2. The van der Waals surface area contributed by atoms with Crippen molar-refractivity contribution in [1.82, 2.24) is 9.55 Å². The number of aryl methyl sites for hydroxylation is 1. The van der Waals surface area contributed by atoms with Crippen LogP contribution in [0.25, 0.3) is 11.0 Å². The van der Waals surface area contributed by atoms with Crippen molar-refractivity contribution in [1.29, 1.82) is 0 Å². The zero-order valence-electron chi connectivity index (χ0n) is 9.73. The molecule has 0 radical (unpaired) electrons. The number of nitrogens with two attached hydrogens (primary N) is 1. The molecule has 1 aromatic heterocycles. The SMILES string of the molecule is CCCCn1c(N)nc2ccc(OC)cc21. The zero-order chi connectivity index (χ0) is 11.5. The second-order valence-corrected chi connectivity index (χ2v) is 3.83. The first-order valence-corrected chi connectivity index (χ1v) is 5.56. The molecule has 2 rings (SSSR count). The van der Waals surface area contributed by atoms with Gasteiger partial charge in [0.2, 0.25) is 5.95 Å². The highest BCUT2D eigenvalue weighted by molar-refractivity contribution is 5.79. The van der Waals surface area contributed by atoms with Crippen LogP contribution >= 0.6 is 0 Å². The Hall–Kier alpha value is -1.71. The molecular formula is C12H17N3O. The molecule has 0 aliphatic heterocycles. The lowest BCUT2D eigenvalue weighted by molar-refractivity contribution is 0.415. The van der Waals surface area contributed by atoms with Crippen molar-refractivity contribution in [2.45, 2.75) is 26.3 Å². The Bertz CT molecular complexity index is 490. The molecule has 0 saturated carbocycles. The third-order valence-corrected chi connectivity index (χ3v) is 2.72. The molecule has 0 fully saturated rings. The van der Waals surface area contributed by atoms with Crippen LogP contribution in [0.3, 0.4) is 0 Å². The summed E-state index contributed by atoms with van der Waals surface area (Å²) in [5, 5.41) is 0. The van der Waals surface area contributed by atoms with Crippen molar-refractivity contribution in [3.63, 3.8) is 0 Å². The molecule has 1 heterocycles. The first kappa shape index (κ1) is 10.8. The van der Waals surface area contributed by atoms with Gasteiger partial charge in [-0.2, -0.15) is 0 Å². The number of unbranched alkanes of at least 4 members (excludes halogenated alkanes) is 1. The lowest BCUT2D eigenvalue weighted by Crippen LogP contribution is -2.03. The van der Waals surface area contributed by atoms with E-state index in [1.807, 2.05) is 22.8 Å². The van der Waals surface area contributed by atoms with Crippen LogP contribution in [0.15, 0.2) is 18.2 Å². The van der Waals surface area contributed by atoms with E-state index in [-0.39, 0.29) is 0 Å². The van der Waals surface area contributed by atoms with Gasteiger partial charge in [0.05, 0.1) is 18.1 Å². The van der Waals surface area contributed by atoms with Crippen LogP contribution in [-0.2, 0) is 6.54 Å².